The third-order valence-electron chi connectivity index (χ3n) is 2.86. The van der Waals surface area contributed by atoms with Crippen LogP contribution in [0.1, 0.15) is 25.8 Å². The quantitative estimate of drug-likeness (QED) is 0.817. The second-order valence-corrected chi connectivity index (χ2v) is 4.28. The van der Waals surface area contributed by atoms with Crippen LogP contribution in [0.15, 0.2) is 18.2 Å². The predicted molar refractivity (Wildman–Crippen MR) is 66.2 cm³/mol. The van der Waals surface area contributed by atoms with Crippen LogP contribution < -0.4 is 10.1 Å². The molecule has 100 valence electrons. The largest absolute Gasteiger partial charge is 0.494 e. The van der Waals surface area contributed by atoms with E-state index in [4.69, 9.17) is 9.84 Å². The average Bonchev–Trinajstić information content (AvgIpc) is 2.28. The highest BCUT2D eigenvalue weighted by atomic mass is 19.1. The van der Waals surface area contributed by atoms with Crippen LogP contribution in [0.25, 0.3) is 0 Å². The molecule has 5 heteroatoms. The van der Waals surface area contributed by atoms with Crippen molar-refractivity contribution in [3.63, 3.8) is 0 Å². The number of hydrogen-bond donors (Lipinski definition) is 2. The maximum absolute atomic E-state index is 13.7. The summed E-state index contributed by atoms with van der Waals surface area (Å²) in [5.41, 5.74) is -0.210. The predicted octanol–water partition coefficient (Wildman–Crippen LogP) is 2.13. The highest BCUT2D eigenvalue weighted by Gasteiger charge is 2.29. The van der Waals surface area contributed by atoms with Gasteiger partial charge in [-0.2, -0.15) is 0 Å². The molecule has 0 aliphatic heterocycles. The molecule has 0 spiro atoms. The molecule has 0 aromatic heterocycles. The third kappa shape index (κ3) is 3.20. The number of hydrogen-bond acceptors (Lipinski definition) is 3. The lowest BCUT2D eigenvalue weighted by atomic mass is 9.88. The molecular weight excluding hydrogens is 237 g/mol. The van der Waals surface area contributed by atoms with Gasteiger partial charge in [-0.15, -0.1) is 0 Å². The van der Waals surface area contributed by atoms with Gasteiger partial charge in [-0.25, -0.2) is 4.39 Å². The number of halogens is 1. The standard InChI is InChI=1S/C13H18FNO3/c1-4-15-13(2,8-12(16)17)9-5-6-11(18-3)10(14)7-9/h5-7,15H,4,8H2,1-3H3,(H,16,17). The summed E-state index contributed by atoms with van der Waals surface area (Å²) >= 11 is 0. The van der Waals surface area contributed by atoms with Gasteiger partial charge < -0.3 is 15.2 Å². The van der Waals surface area contributed by atoms with Crippen LogP contribution in [0.3, 0.4) is 0 Å². The molecule has 0 fully saturated rings. The molecule has 0 aliphatic carbocycles. The first-order valence-corrected chi connectivity index (χ1v) is 5.73. The number of aliphatic carboxylic acids is 1. The minimum absolute atomic E-state index is 0.118. The molecule has 0 bridgehead atoms. The van der Waals surface area contributed by atoms with Crippen molar-refractivity contribution in [2.24, 2.45) is 0 Å². The zero-order valence-electron chi connectivity index (χ0n) is 10.8. The minimum atomic E-state index is -0.935. The molecule has 0 saturated carbocycles. The topological polar surface area (TPSA) is 58.6 Å². The summed E-state index contributed by atoms with van der Waals surface area (Å²) in [4.78, 5) is 10.9. The number of carbonyl (C=O) groups is 1. The number of carboxylic acids is 1. The van der Waals surface area contributed by atoms with E-state index >= 15 is 0 Å². The van der Waals surface area contributed by atoms with Crippen LogP contribution in [0, 0.1) is 5.82 Å². The molecule has 1 unspecified atom stereocenters. The van der Waals surface area contributed by atoms with Gasteiger partial charge >= 0.3 is 5.97 Å². The van der Waals surface area contributed by atoms with Crippen LogP contribution in [0.4, 0.5) is 4.39 Å². The van der Waals surface area contributed by atoms with Crippen molar-refractivity contribution in [2.45, 2.75) is 25.8 Å². The van der Waals surface area contributed by atoms with Gasteiger partial charge in [0.2, 0.25) is 0 Å². The van der Waals surface area contributed by atoms with Crippen molar-refractivity contribution >= 4 is 5.97 Å². The summed E-state index contributed by atoms with van der Waals surface area (Å²) in [5, 5.41) is 12.0. The van der Waals surface area contributed by atoms with E-state index in [-0.39, 0.29) is 12.2 Å². The monoisotopic (exact) mass is 255 g/mol. The van der Waals surface area contributed by atoms with E-state index < -0.39 is 17.3 Å². The molecule has 0 heterocycles. The van der Waals surface area contributed by atoms with Gasteiger partial charge in [0, 0.05) is 0 Å². The van der Waals surface area contributed by atoms with Gasteiger partial charge in [-0.3, -0.25) is 4.79 Å². The summed E-state index contributed by atoms with van der Waals surface area (Å²) in [6.07, 6.45) is -0.118. The Morgan fingerprint density at radius 2 is 2.22 bits per heavy atom. The van der Waals surface area contributed by atoms with Gasteiger partial charge in [0.05, 0.1) is 19.1 Å². The Balaban J connectivity index is 3.13. The van der Waals surface area contributed by atoms with Crippen molar-refractivity contribution in [1.29, 1.82) is 0 Å². The highest BCUT2D eigenvalue weighted by molar-refractivity contribution is 5.69. The van der Waals surface area contributed by atoms with E-state index in [1.165, 1.54) is 19.2 Å². The molecule has 1 atom stereocenters. The lowest BCUT2D eigenvalue weighted by Crippen LogP contribution is -2.41. The maximum Gasteiger partial charge on any atom is 0.305 e. The van der Waals surface area contributed by atoms with Crippen LogP contribution >= 0.6 is 0 Å². The van der Waals surface area contributed by atoms with Gasteiger partial charge in [-0.05, 0) is 31.2 Å². The second kappa shape index (κ2) is 5.82. The molecule has 18 heavy (non-hydrogen) atoms. The smallest absolute Gasteiger partial charge is 0.305 e. The van der Waals surface area contributed by atoms with E-state index in [9.17, 15) is 9.18 Å². The number of benzene rings is 1. The summed E-state index contributed by atoms with van der Waals surface area (Å²) in [6.45, 7) is 4.21. The van der Waals surface area contributed by atoms with Crippen molar-refractivity contribution in [3.8, 4) is 5.75 Å². The van der Waals surface area contributed by atoms with E-state index in [0.29, 0.717) is 12.1 Å². The molecule has 4 nitrogen and oxygen atoms in total. The number of carboxylic acid groups (broad SMARTS) is 1. The molecule has 2 N–H and O–H groups in total. The first kappa shape index (κ1) is 14.4. The highest BCUT2D eigenvalue weighted by Crippen LogP contribution is 2.28. The Bertz CT molecular complexity index is 436. The number of methoxy groups -OCH3 is 1. The Kier molecular flexibility index (Phi) is 4.67. The van der Waals surface area contributed by atoms with Crippen LogP contribution in [-0.4, -0.2) is 24.7 Å². The lowest BCUT2D eigenvalue weighted by molar-refractivity contribution is -0.138. The molecule has 1 aromatic carbocycles. The number of rotatable bonds is 6. The molecule has 1 aromatic rings. The zero-order chi connectivity index (χ0) is 13.8. The van der Waals surface area contributed by atoms with E-state index in [0.717, 1.165) is 0 Å². The summed E-state index contributed by atoms with van der Waals surface area (Å²) in [5.74, 6) is -1.29. The Morgan fingerprint density at radius 1 is 1.56 bits per heavy atom. The average molecular weight is 255 g/mol. The second-order valence-electron chi connectivity index (χ2n) is 4.28. The first-order valence-electron chi connectivity index (χ1n) is 5.73. The molecule has 0 saturated heterocycles. The fourth-order valence-corrected chi connectivity index (χ4v) is 1.97. The van der Waals surface area contributed by atoms with E-state index in [1.807, 2.05) is 6.92 Å². The minimum Gasteiger partial charge on any atom is -0.494 e. The molecule has 0 radical (unpaired) electrons. The van der Waals surface area contributed by atoms with Gasteiger partial charge in [-0.1, -0.05) is 13.0 Å². The SMILES string of the molecule is CCNC(C)(CC(=O)O)c1ccc(OC)c(F)c1. The van der Waals surface area contributed by atoms with Gasteiger partial charge in [0.15, 0.2) is 11.6 Å². The normalized spacial score (nSPS) is 14.0. The van der Waals surface area contributed by atoms with Crippen LogP contribution in [-0.2, 0) is 10.3 Å². The fraction of sp³-hybridized carbons (Fsp3) is 0.462. The van der Waals surface area contributed by atoms with E-state index in [1.54, 1.807) is 13.0 Å². The lowest BCUT2D eigenvalue weighted by Gasteiger charge is -2.29. The Morgan fingerprint density at radius 3 is 2.67 bits per heavy atom. The Labute approximate surface area is 106 Å². The molecular formula is C13H18FNO3. The number of ether oxygens (including phenoxy) is 1. The molecule has 1 rings (SSSR count). The van der Waals surface area contributed by atoms with Crippen molar-refractivity contribution in [1.82, 2.24) is 5.32 Å². The van der Waals surface area contributed by atoms with Gasteiger partial charge in [0.25, 0.3) is 0 Å². The zero-order valence-corrected chi connectivity index (χ0v) is 10.8. The van der Waals surface area contributed by atoms with Crippen LogP contribution in [0.5, 0.6) is 5.75 Å². The summed E-state index contributed by atoms with van der Waals surface area (Å²) in [6, 6.07) is 4.49. The number of nitrogens with one attached hydrogen (secondary N) is 1. The van der Waals surface area contributed by atoms with Crippen molar-refractivity contribution < 1.29 is 19.0 Å². The summed E-state index contributed by atoms with van der Waals surface area (Å²) < 4.78 is 18.5. The van der Waals surface area contributed by atoms with Crippen molar-refractivity contribution in [2.75, 3.05) is 13.7 Å². The fourth-order valence-electron chi connectivity index (χ4n) is 1.97. The molecule has 0 aliphatic rings. The summed E-state index contributed by atoms with van der Waals surface area (Å²) in [7, 11) is 1.39. The molecule has 0 amide bonds. The van der Waals surface area contributed by atoms with E-state index in [2.05, 4.69) is 5.32 Å². The van der Waals surface area contributed by atoms with Crippen LogP contribution in [0.2, 0.25) is 0 Å². The van der Waals surface area contributed by atoms with Gasteiger partial charge in [0.1, 0.15) is 0 Å². The first-order chi connectivity index (χ1) is 8.42. The third-order valence-corrected chi connectivity index (χ3v) is 2.86. The maximum atomic E-state index is 13.7. The Hall–Kier alpha value is -1.62. The van der Waals surface area contributed by atoms with Crippen molar-refractivity contribution in [3.05, 3.63) is 29.6 Å².